The van der Waals surface area contributed by atoms with Gasteiger partial charge < -0.3 is 0 Å². The van der Waals surface area contributed by atoms with Gasteiger partial charge in [0.2, 0.25) is 0 Å². The molecule has 2 fully saturated rings. The molecule has 0 saturated heterocycles. The van der Waals surface area contributed by atoms with E-state index in [0.29, 0.717) is 16.2 Å². The maximum absolute atomic E-state index is 3.82. The molecule has 19 heavy (non-hydrogen) atoms. The Morgan fingerprint density at radius 2 is 1.63 bits per heavy atom. The third-order valence-electron chi connectivity index (χ3n) is 5.16. The van der Waals surface area contributed by atoms with Crippen molar-refractivity contribution >= 4 is 0 Å². The summed E-state index contributed by atoms with van der Waals surface area (Å²) < 4.78 is 0. The van der Waals surface area contributed by atoms with Crippen molar-refractivity contribution in [3.05, 3.63) is 12.7 Å². The van der Waals surface area contributed by atoms with E-state index < -0.39 is 0 Å². The quantitative estimate of drug-likeness (QED) is 0.492. The first kappa shape index (κ1) is 16.8. The van der Waals surface area contributed by atoms with E-state index in [-0.39, 0.29) is 0 Å². The van der Waals surface area contributed by atoms with Crippen molar-refractivity contribution in [3.8, 4) is 0 Å². The Bertz CT molecular complexity index is 297. The minimum absolute atomic E-state index is 0.561. The molecule has 2 rings (SSSR count). The molecular weight excluding hydrogens is 228 g/mol. The Labute approximate surface area is 122 Å². The van der Waals surface area contributed by atoms with Gasteiger partial charge in [0.15, 0.2) is 0 Å². The van der Waals surface area contributed by atoms with Gasteiger partial charge >= 0.3 is 0 Å². The molecule has 2 aliphatic rings. The molecule has 2 aliphatic carbocycles. The SMILES string of the molecule is C=CCC1(C)CCC(C)(C)C1.CC1CCC(C)(C)C1. The number of allylic oxidation sites excluding steroid dienone is 1. The Morgan fingerprint density at radius 3 is 1.89 bits per heavy atom. The predicted octanol–water partition coefficient (Wildman–Crippen LogP) is 6.61. The molecule has 0 nitrogen and oxygen atoms in total. The molecule has 0 bridgehead atoms. The summed E-state index contributed by atoms with van der Waals surface area (Å²) in [5, 5.41) is 0. The minimum atomic E-state index is 0.561. The second-order valence-corrected chi connectivity index (χ2v) is 9.16. The molecule has 0 spiro atoms. The van der Waals surface area contributed by atoms with Crippen LogP contribution in [0.3, 0.4) is 0 Å². The average molecular weight is 264 g/mol. The van der Waals surface area contributed by atoms with Crippen LogP contribution in [0, 0.1) is 22.2 Å². The third-order valence-corrected chi connectivity index (χ3v) is 5.16. The third kappa shape index (κ3) is 5.71. The van der Waals surface area contributed by atoms with Crippen molar-refractivity contribution in [1.82, 2.24) is 0 Å². The summed E-state index contributed by atoms with van der Waals surface area (Å²) in [6.45, 7) is 18.1. The zero-order valence-electron chi connectivity index (χ0n) is 14.3. The molecule has 0 aliphatic heterocycles. The van der Waals surface area contributed by atoms with Gasteiger partial charge in [0, 0.05) is 0 Å². The average Bonchev–Trinajstić information content (AvgIpc) is 2.68. The molecule has 0 aromatic carbocycles. The maximum atomic E-state index is 3.82. The smallest absolute Gasteiger partial charge is 0.0286 e. The molecule has 0 N–H and O–H groups in total. The lowest BCUT2D eigenvalue weighted by Crippen LogP contribution is -2.13. The highest BCUT2D eigenvalue weighted by molar-refractivity contribution is 4.94. The van der Waals surface area contributed by atoms with Crippen LogP contribution in [-0.2, 0) is 0 Å². The fourth-order valence-electron chi connectivity index (χ4n) is 4.28. The van der Waals surface area contributed by atoms with Crippen LogP contribution < -0.4 is 0 Å². The van der Waals surface area contributed by atoms with Gasteiger partial charge in [-0.2, -0.15) is 0 Å². The molecule has 0 aromatic heterocycles. The molecule has 2 atom stereocenters. The van der Waals surface area contributed by atoms with Gasteiger partial charge in [0.05, 0.1) is 0 Å². The van der Waals surface area contributed by atoms with E-state index in [0.717, 1.165) is 5.92 Å². The monoisotopic (exact) mass is 264 g/mol. The zero-order valence-corrected chi connectivity index (χ0v) is 14.3. The van der Waals surface area contributed by atoms with Gasteiger partial charge in [-0.25, -0.2) is 0 Å². The van der Waals surface area contributed by atoms with Crippen LogP contribution in [0.1, 0.15) is 86.5 Å². The van der Waals surface area contributed by atoms with Gasteiger partial charge in [0.1, 0.15) is 0 Å². The lowest BCUT2D eigenvalue weighted by molar-refractivity contribution is 0.282. The largest absolute Gasteiger partial charge is 0.103 e. The van der Waals surface area contributed by atoms with Crippen LogP contribution >= 0.6 is 0 Å². The van der Waals surface area contributed by atoms with Crippen molar-refractivity contribution in [2.45, 2.75) is 86.5 Å². The van der Waals surface area contributed by atoms with Crippen LogP contribution in [0.4, 0.5) is 0 Å². The van der Waals surface area contributed by atoms with E-state index in [1.807, 2.05) is 0 Å². The minimum Gasteiger partial charge on any atom is -0.103 e. The summed E-state index contributed by atoms with van der Waals surface area (Å²) in [5.41, 5.74) is 1.81. The molecule has 0 heterocycles. The number of hydrogen-bond donors (Lipinski definition) is 0. The summed E-state index contributed by atoms with van der Waals surface area (Å²) in [6.07, 6.45) is 11.7. The Kier molecular flexibility index (Phi) is 5.32. The van der Waals surface area contributed by atoms with Crippen molar-refractivity contribution in [2.75, 3.05) is 0 Å². The first-order valence-corrected chi connectivity index (χ1v) is 8.19. The molecule has 0 heteroatoms. The Hall–Kier alpha value is -0.260. The second-order valence-electron chi connectivity index (χ2n) is 9.16. The van der Waals surface area contributed by atoms with Gasteiger partial charge in [-0.1, -0.05) is 54.0 Å². The van der Waals surface area contributed by atoms with Crippen LogP contribution in [-0.4, -0.2) is 0 Å². The zero-order chi connectivity index (χ0) is 14.7. The predicted molar refractivity (Wildman–Crippen MR) is 87.3 cm³/mol. The normalized spacial score (nSPS) is 35.6. The highest BCUT2D eigenvalue weighted by Crippen LogP contribution is 2.50. The standard InChI is InChI=1S/C11H20.C8H16/c1-5-6-11(4)8-7-10(2,3)9-11;1-7-4-5-8(2,3)6-7/h5H,1,6-9H2,2-4H3;7H,4-6H2,1-3H3. The van der Waals surface area contributed by atoms with E-state index in [4.69, 9.17) is 0 Å². The van der Waals surface area contributed by atoms with Crippen LogP contribution in [0.25, 0.3) is 0 Å². The lowest BCUT2D eigenvalue weighted by atomic mass is 9.81. The van der Waals surface area contributed by atoms with Crippen LogP contribution in [0.2, 0.25) is 0 Å². The topological polar surface area (TPSA) is 0 Å². The summed E-state index contributed by atoms with van der Waals surface area (Å²) in [7, 11) is 0. The fraction of sp³-hybridized carbons (Fsp3) is 0.895. The van der Waals surface area contributed by atoms with Gasteiger partial charge in [-0.3, -0.25) is 0 Å². The summed E-state index contributed by atoms with van der Waals surface area (Å²) in [5.74, 6) is 0.991. The Morgan fingerprint density at radius 1 is 1.00 bits per heavy atom. The van der Waals surface area contributed by atoms with Gasteiger partial charge in [0.25, 0.3) is 0 Å². The van der Waals surface area contributed by atoms with E-state index in [2.05, 4.69) is 54.2 Å². The van der Waals surface area contributed by atoms with Crippen molar-refractivity contribution in [3.63, 3.8) is 0 Å². The molecule has 0 aromatic rings. The summed E-state index contributed by atoms with van der Waals surface area (Å²) in [4.78, 5) is 0. The Balaban J connectivity index is 0.000000200. The van der Waals surface area contributed by atoms with Gasteiger partial charge in [-0.15, -0.1) is 6.58 Å². The molecule has 112 valence electrons. The molecule has 0 radical (unpaired) electrons. The van der Waals surface area contributed by atoms with E-state index in [9.17, 15) is 0 Å². The van der Waals surface area contributed by atoms with Crippen molar-refractivity contribution < 1.29 is 0 Å². The van der Waals surface area contributed by atoms with E-state index >= 15 is 0 Å². The first-order chi connectivity index (χ1) is 8.58. The lowest BCUT2D eigenvalue weighted by Gasteiger charge is -2.24. The fourth-order valence-corrected chi connectivity index (χ4v) is 4.28. The van der Waals surface area contributed by atoms with E-state index in [1.54, 1.807) is 0 Å². The highest BCUT2D eigenvalue weighted by Gasteiger charge is 2.38. The van der Waals surface area contributed by atoms with Crippen LogP contribution in [0.5, 0.6) is 0 Å². The number of hydrogen-bond acceptors (Lipinski definition) is 0. The first-order valence-electron chi connectivity index (χ1n) is 8.19. The molecule has 2 unspecified atom stereocenters. The van der Waals surface area contributed by atoms with E-state index in [1.165, 1.54) is 44.9 Å². The van der Waals surface area contributed by atoms with Crippen molar-refractivity contribution in [1.29, 1.82) is 0 Å². The van der Waals surface area contributed by atoms with Crippen LogP contribution in [0.15, 0.2) is 12.7 Å². The second kappa shape index (κ2) is 6.02. The molecular formula is C19H36. The van der Waals surface area contributed by atoms with Crippen molar-refractivity contribution in [2.24, 2.45) is 22.2 Å². The maximum Gasteiger partial charge on any atom is -0.0286 e. The number of rotatable bonds is 2. The highest BCUT2D eigenvalue weighted by atomic mass is 14.4. The summed E-state index contributed by atoms with van der Waals surface area (Å²) >= 11 is 0. The van der Waals surface area contributed by atoms with Gasteiger partial charge in [-0.05, 0) is 60.7 Å². The summed E-state index contributed by atoms with van der Waals surface area (Å²) in [6, 6.07) is 0. The molecule has 0 amide bonds. The molecule has 2 saturated carbocycles.